The Hall–Kier alpha value is -3.42. The molecule has 1 aliphatic carbocycles. The maximum atomic E-state index is 13.2. The zero-order valence-electron chi connectivity index (χ0n) is 19.4. The second-order valence-corrected chi connectivity index (χ2v) is 9.20. The van der Waals surface area contributed by atoms with Crippen molar-refractivity contribution in [2.75, 3.05) is 24.5 Å². The monoisotopic (exact) mass is 464 g/mol. The molecule has 2 N–H and O–H groups in total. The lowest BCUT2D eigenvalue weighted by Gasteiger charge is -2.43. The minimum Gasteiger partial charge on any atom is -0.483 e. The van der Waals surface area contributed by atoms with E-state index in [0.29, 0.717) is 19.0 Å². The Morgan fingerprint density at radius 2 is 2.03 bits per heavy atom. The largest absolute Gasteiger partial charge is 0.483 e. The summed E-state index contributed by atoms with van der Waals surface area (Å²) in [5.74, 6) is 1.43. The predicted molar refractivity (Wildman–Crippen MR) is 130 cm³/mol. The van der Waals surface area contributed by atoms with E-state index in [1.54, 1.807) is 6.07 Å². The van der Waals surface area contributed by atoms with Crippen LogP contribution in [-0.4, -0.2) is 46.7 Å². The normalized spacial score (nSPS) is 20.8. The van der Waals surface area contributed by atoms with Crippen LogP contribution < -0.4 is 15.8 Å². The van der Waals surface area contributed by atoms with Crippen LogP contribution in [0.2, 0.25) is 0 Å². The lowest BCUT2D eigenvalue weighted by molar-refractivity contribution is -0.122. The molecule has 3 aliphatic rings. The second-order valence-electron chi connectivity index (χ2n) is 9.20. The van der Waals surface area contributed by atoms with Crippen LogP contribution >= 0.6 is 0 Å². The standard InChI is InChI=1S/C25H30N4O2.CH2O2/c30-24(27-13-11-18-6-2-1-3-7-18)21-9-10-22-20-14-19(16-29(22)25(21)31)15-28(17-20)23-8-4-5-12-26-23;2-1-3/h4-6,8-10,12,19-20H,1-3,7,11,13-17H2,(H,27,30);1H,(H,2,3)/t19-,20+;/m0./s1. The van der Waals surface area contributed by atoms with Crippen molar-refractivity contribution in [1.82, 2.24) is 14.9 Å². The summed E-state index contributed by atoms with van der Waals surface area (Å²) in [7, 11) is 0. The Balaban J connectivity index is 0.000000868. The number of allylic oxidation sites excluding steroid dienone is 1. The lowest BCUT2D eigenvalue weighted by Crippen LogP contribution is -2.48. The highest BCUT2D eigenvalue weighted by Gasteiger charge is 2.35. The van der Waals surface area contributed by atoms with Crippen LogP contribution in [0, 0.1) is 5.92 Å². The molecular formula is C26H32N4O4. The van der Waals surface area contributed by atoms with Gasteiger partial charge in [-0.1, -0.05) is 17.7 Å². The Morgan fingerprint density at radius 3 is 2.76 bits per heavy atom. The molecule has 2 aromatic rings. The van der Waals surface area contributed by atoms with Gasteiger partial charge in [-0.25, -0.2) is 4.98 Å². The van der Waals surface area contributed by atoms with Gasteiger partial charge in [-0.15, -0.1) is 0 Å². The van der Waals surface area contributed by atoms with E-state index in [0.717, 1.165) is 50.3 Å². The summed E-state index contributed by atoms with van der Waals surface area (Å²) in [4.78, 5) is 41.1. The zero-order chi connectivity index (χ0) is 23.9. The number of nitrogens with zero attached hydrogens (tertiary/aromatic N) is 3. The molecule has 1 saturated heterocycles. The molecule has 180 valence electrons. The molecule has 5 rings (SSSR count). The van der Waals surface area contributed by atoms with Crippen molar-refractivity contribution in [1.29, 1.82) is 0 Å². The minimum atomic E-state index is -0.250. The van der Waals surface area contributed by atoms with Crippen LogP contribution in [0.3, 0.4) is 0 Å². The van der Waals surface area contributed by atoms with E-state index in [1.165, 1.54) is 18.4 Å². The van der Waals surface area contributed by atoms with Gasteiger partial charge >= 0.3 is 0 Å². The quantitative estimate of drug-likeness (QED) is 0.520. The van der Waals surface area contributed by atoms with Crippen LogP contribution in [0.5, 0.6) is 0 Å². The average molecular weight is 465 g/mol. The first-order valence-corrected chi connectivity index (χ1v) is 12.0. The summed E-state index contributed by atoms with van der Waals surface area (Å²) in [5.41, 5.74) is 2.60. The fourth-order valence-electron chi connectivity index (χ4n) is 5.41. The second kappa shape index (κ2) is 11.1. The number of fused-ring (bicyclic) bond motifs is 4. The number of carboxylic acid groups (broad SMARTS) is 1. The molecule has 0 unspecified atom stereocenters. The van der Waals surface area contributed by atoms with E-state index in [-0.39, 0.29) is 29.4 Å². The van der Waals surface area contributed by atoms with Crippen LogP contribution in [0.1, 0.15) is 60.5 Å². The number of hydrogen-bond acceptors (Lipinski definition) is 5. The number of hydrogen-bond donors (Lipinski definition) is 2. The molecule has 2 bridgehead atoms. The van der Waals surface area contributed by atoms with E-state index in [1.807, 2.05) is 35.0 Å². The number of amides is 1. The lowest BCUT2D eigenvalue weighted by atomic mass is 9.83. The van der Waals surface area contributed by atoms with Crippen molar-refractivity contribution >= 4 is 18.2 Å². The van der Waals surface area contributed by atoms with Crippen molar-refractivity contribution in [3.8, 4) is 0 Å². The molecule has 1 fully saturated rings. The van der Waals surface area contributed by atoms with Gasteiger partial charge in [-0.3, -0.25) is 14.4 Å². The molecule has 2 aliphatic heterocycles. The predicted octanol–water partition coefficient (Wildman–Crippen LogP) is 3.19. The highest BCUT2D eigenvalue weighted by Crippen LogP contribution is 2.36. The molecule has 8 heteroatoms. The van der Waals surface area contributed by atoms with Crippen LogP contribution in [0.4, 0.5) is 5.82 Å². The van der Waals surface area contributed by atoms with Crippen molar-refractivity contribution in [3.05, 3.63) is 69.8 Å². The van der Waals surface area contributed by atoms with Gasteiger partial charge < -0.3 is 19.9 Å². The Morgan fingerprint density at radius 1 is 1.18 bits per heavy atom. The first-order valence-electron chi connectivity index (χ1n) is 12.0. The van der Waals surface area contributed by atoms with Gasteiger partial charge in [0.2, 0.25) is 0 Å². The van der Waals surface area contributed by atoms with Crippen molar-refractivity contribution < 1.29 is 14.7 Å². The van der Waals surface area contributed by atoms with Crippen LogP contribution in [0.15, 0.2) is 53.0 Å². The Kier molecular flexibility index (Phi) is 7.77. The van der Waals surface area contributed by atoms with Crippen molar-refractivity contribution in [3.63, 3.8) is 0 Å². The fraction of sp³-hybridized carbons (Fsp3) is 0.462. The number of pyridine rings is 2. The maximum absolute atomic E-state index is 13.2. The Bertz CT molecular complexity index is 1100. The minimum absolute atomic E-state index is 0.145. The molecule has 1 amide bonds. The van der Waals surface area contributed by atoms with E-state index in [2.05, 4.69) is 21.3 Å². The third-order valence-electron chi connectivity index (χ3n) is 6.94. The summed E-state index contributed by atoms with van der Waals surface area (Å²) in [6, 6.07) is 9.71. The van der Waals surface area contributed by atoms with Gasteiger partial charge in [0, 0.05) is 44.0 Å². The van der Waals surface area contributed by atoms with Gasteiger partial charge in [-0.05, 0) is 68.7 Å². The van der Waals surface area contributed by atoms with E-state index < -0.39 is 0 Å². The number of anilines is 1. The molecular weight excluding hydrogens is 432 g/mol. The van der Waals surface area contributed by atoms with Crippen molar-refractivity contribution in [2.24, 2.45) is 5.92 Å². The van der Waals surface area contributed by atoms with Gasteiger partial charge in [0.15, 0.2) is 0 Å². The number of carbonyl (C=O) groups excluding carboxylic acids is 1. The highest BCUT2D eigenvalue weighted by atomic mass is 16.3. The molecule has 0 radical (unpaired) electrons. The van der Waals surface area contributed by atoms with Gasteiger partial charge in [0.05, 0.1) is 0 Å². The third-order valence-corrected chi connectivity index (χ3v) is 6.94. The maximum Gasteiger partial charge on any atom is 0.290 e. The summed E-state index contributed by atoms with van der Waals surface area (Å²) in [6.07, 6.45) is 10.9. The molecule has 2 atom stereocenters. The average Bonchev–Trinajstić information content (AvgIpc) is 2.86. The summed E-state index contributed by atoms with van der Waals surface area (Å²) in [6.45, 7) is 2.76. The molecule has 4 heterocycles. The van der Waals surface area contributed by atoms with Gasteiger partial charge in [-0.2, -0.15) is 0 Å². The molecule has 0 saturated carbocycles. The highest BCUT2D eigenvalue weighted by molar-refractivity contribution is 5.93. The number of nitrogens with one attached hydrogen (secondary N) is 1. The SMILES string of the molecule is O=C(NCCC1=CCCCC1)c1ccc2n(c1=O)C[C@H]1C[C@@H]2CN(c2ccccn2)C1.O=CO. The summed E-state index contributed by atoms with van der Waals surface area (Å²) >= 11 is 0. The first-order chi connectivity index (χ1) is 16.6. The topological polar surface area (TPSA) is 105 Å². The number of rotatable bonds is 5. The van der Waals surface area contributed by atoms with E-state index >= 15 is 0 Å². The number of piperidine rings is 1. The summed E-state index contributed by atoms with van der Waals surface area (Å²) in [5, 5.41) is 9.85. The van der Waals surface area contributed by atoms with Crippen LogP contribution in [-0.2, 0) is 11.3 Å². The fourth-order valence-corrected chi connectivity index (χ4v) is 5.41. The van der Waals surface area contributed by atoms with Gasteiger partial charge in [0.1, 0.15) is 11.4 Å². The van der Waals surface area contributed by atoms with E-state index in [4.69, 9.17) is 9.90 Å². The molecule has 2 aromatic heterocycles. The molecule has 0 aromatic carbocycles. The van der Waals surface area contributed by atoms with E-state index in [9.17, 15) is 9.59 Å². The first kappa shape index (κ1) is 23.7. The zero-order valence-corrected chi connectivity index (χ0v) is 19.4. The van der Waals surface area contributed by atoms with Crippen LogP contribution in [0.25, 0.3) is 0 Å². The third kappa shape index (κ3) is 5.38. The number of aromatic nitrogens is 2. The molecule has 8 nitrogen and oxygen atoms in total. The number of carbonyl (C=O) groups is 2. The van der Waals surface area contributed by atoms with Crippen molar-refractivity contribution in [2.45, 2.75) is 51.0 Å². The molecule has 0 spiro atoms. The smallest absolute Gasteiger partial charge is 0.290 e. The molecule has 34 heavy (non-hydrogen) atoms. The Labute approximate surface area is 199 Å². The summed E-state index contributed by atoms with van der Waals surface area (Å²) < 4.78 is 1.85. The van der Waals surface area contributed by atoms with Gasteiger partial charge in [0.25, 0.3) is 17.9 Å².